The molecule has 0 aliphatic heterocycles. The second-order valence-electron chi connectivity index (χ2n) is 5.19. The van der Waals surface area contributed by atoms with Crippen molar-refractivity contribution in [3.05, 3.63) is 63.7 Å². The van der Waals surface area contributed by atoms with E-state index in [2.05, 4.69) is 32.0 Å². The zero-order chi connectivity index (χ0) is 14.7. The lowest BCUT2D eigenvalue weighted by Crippen LogP contribution is -2.14. The fraction of sp³-hybridized carbons (Fsp3) is 0.294. The second-order valence-corrected chi connectivity index (χ2v) is 5.62. The van der Waals surface area contributed by atoms with Gasteiger partial charge in [0.05, 0.1) is 7.11 Å². The van der Waals surface area contributed by atoms with Crippen molar-refractivity contribution in [1.82, 2.24) is 0 Å². The van der Waals surface area contributed by atoms with Crippen LogP contribution in [0.15, 0.2) is 36.4 Å². The molecule has 0 fully saturated rings. The summed E-state index contributed by atoms with van der Waals surface area (Å²) in [5.74, 6) is 0.828. The number of ether oxygens (including phenoxy) is 1. The van der Waals surface area contributed by atoms with Gasteiger partial charge in [-0.3, -0.25) is 0 Å². The van der Waals surface area contributed by atoms with Gasteiger partial charge in [-0.05, 0) is 49.6 Å². The minimum atomic E-state index is -0.0685. The summed E-state index contributed by atoms with van der Waals surface area (Å²) >= 11 is 6.06. The molecule has 106 valence electrons. The van der Waals surface area contributed by atoms with Crippen LogP contribution in [0.4, 0.5) is 0 Å². The number of rotatable bonds is 4. The van der Waals surface area contributed by atoms with Gasteiger partial charge in [0.2, 0.25) is 0 Å². The topological polar surface area (TPSA) is 35.2 Å². The van der Waals surface area contributed by atoms with E-state index in [1.807, 2.05) is 18.2 Å². The Kier molecular flexibility index (Phi) is 4.69. The van der Waals surface area contributed by atoms with Gasteiger partial charge in [-0.2, -0.15) is 0 Å². The highest BCUT2D eigenvalue weighted by molar-refractivity contribution is 6.30. The average Bonchev–Trinajstić information content (AvgIpc) is 2.37. The standard InChI is InChI=1S/C17H20ClNO/c1-11-6-12(2)8-13(7-11)16(19)10-14-9-15(18)4-5-17(14)20-3/h4-9,16H,10,19H2,1-3H3. The van der Waals surface area contributed by atoms with Crippen molar-refractivity contribution in [2.24, 2.45) is 5.73 Å². The van der Waals surface area contributed by atoms with Gasteiger partial charge in [0.15, 0.2) is 0 Å². The third-order valence-electron chi connectivity index (χ3n) is 3.35. The van der Waals surface area contributed by atoms with Gasteiger partial charge < -0.3 is 10.5 Å². The summed E-state index contributed by atoms with van der Waals surface area (Å²) < 4.78 is 5.37. The predicted octanol–water partition coefficient (Wildman–Crippen LogP) is 4.21. The molecule has 2 rings (SSSR count). The van der Waals surface area contributed by atoms with Crippen LogP contribution in [-0.4, -0.2) is 7.11 Å². The summed E-state index contributed by atoms with van der Waals surface area (Å²) in [7, 11) is 1.66. The van der Waals surface area contributed by atoms with E-state index >= 15 is 0 Å². The zero-order valence-corrected chi connectivity index (χ0v) is 12.9. The summed E-state index contributed by atoms with van der Waals surface area (Å²) in [5, 5.41) is 0.702. The maximum absolute atomic E-state index is 6.34. The highest BCUT2D eigenvalue weighted by Crippen LogP contribution is 2.27. The first-order chi connectivity index (χ1) is 9.49. The number of aryl methyl sites for hydroxylation is 2. The number of nitrogens with two attached hydrogens (primary N) is 1. The van der Waals surface area contributed by atoms with Gasteiger partial charge in [-0.15, -0.1) is 0 Å². The van der Waals surface area contributed by atoms with E-state index in [4.69, 9.17) is 22.1 Å². The van der Waals surface area contributed by atoms with Crippen LogP contribution in [0, 0.1) is 13.8 Å². The summed E-state index contributed by atoms with van der Waals surface area (Å²) in [6, 6.07) is 12.0. The first-order valence-corrected chi connectivity index (χ1v) is 7.03. The Bertz CT molecular complexity index is 590. The number of benzene rings is 2. The molecule has 0 saturated heterocycles. The van der Waals surface area contributed by atoms with Crippen LogP contribution in [0.5, 0.6) is 5.75 Å². The van der Waals surface area contributed by atoms with Crippen LogP contribution in [0.25, 0.3) is 0 Å². The molecule has 0 aliphatic carbocycles. The van der Waals surface area contributed by atoms with E-state index in [1.54, 1.807) is 7.11 Å². The molecule has 0 aromatic heterocycles. The number of hydrogen-bond donors (Lipinski definition) is 1. The largest absolute Gasteiger partial charge is 0.496 e. The van der Waals surface area contributed by atoms with Gasteiger partial charge >= 0.3 is 0 Å². The smallest absolute Gasteiger partial charge is 0.122 e. The number of halogens is 1. The first-order valence-electron chi connectivity index (χ1n) is 6.66. The maximum Gasteiger partial charge on any atom is 0.122 e. The van der Waals surface area contributed by atoms with Gasteiger partial charge in [0.1, 0.15) is 5.75 Å². The molecule has 20 heavy (non-hydrogen) atoms. The van der Waals surface area contributed by atoms with Gasteiger partial charge in [-0.25, -0.2) is 0 Å². The summed E-state index contributed by atoms with van der Waals surface area (Å²) in [5.41, 5.74) is 11.0. The monoisotopic (exact) mass is 289 g/mol. The van der Waals surface area contributed by atoms with Crippen molar-refractivity contribution in [3.63, 3.8) is 0 Å². The van der Waals surface area contributed by atoms with Crippen molar-refractivity contribution in [1.29, 1.82) is 0 Å². The summed E-state index contributed by atoms with van der Waals surface area (Å²) in [6.07, 6.45) is 0.701. The Morgan fingerprint density at radius 2 is 1.75 bits per heavy atom. The molecule has 1 unspecified atom stereocenters. The summed E-state index contributed by atoms with van der Waals surface area (Å²) in [6.45, 7) is 4.17. The van der Waals surface area contributed by atoms with Crippen molar-refractivity contribution < 1.29 is 4.74 Å². The Balaban J connectivity index is 2.27. The Morgan fingerprint density at radius 1 is 1.10 bits per heavy atom. The molecule has 2 N–H and O–H groups in total. The van der Waals surface area contributed by atoms with Crippen molar-refractivity contribution in [2.75, 3.05) is 7.11 Å². The Morgan fingerprint density at radius 3 is 2.35 bits per heavy atom. The minimum absolute atomic E-state index is 0.0685. The third-order valence-corrected chi connectivity index (χ3v) is 3.59. The van der Waals surface area contributed by atoms with Crippen molar-refractivity contribution >= 4 is 11.6 Å². The first kappa shape index (κ1) is 14.9. The number of hydrogen-bond acceptors (Lipinski definition) is 2. The normalized spacial score (nSPS) is 12.2. The lowest BCUT2D eigenvalue weighted by Gasteiger charge is -2.16. The van der Waals surface area contributed by atoms with Crippen molar-refractivity contribution in [3.8, 4) is 5.75 Å². The lowest BCUT2D eigenvalue weighted by atomic mass is 9.96. The molecule has 0 saturated carbocycles. The fourth-order valence-electron chi connectivity index (χ4n) is 2.49. The van der Waals surface area contributed by atoms with Crippen LogP contribution in [0.3, 0.4) is 0 Å². The second kappa shape index (κ2) is 6.29. The minimum Gasteiger partial charge on any atom is -0.496 e. The molecular weight excluding hydrogens is 270 g/mol. The van der Waals surface area contributed by atoms with E-state index in [0.717, 1.165) is 16.9 Å². The molecule has 0 radical (unpaired) electrons. The zero-order valence-electron chi connectivity index (χ0n) is 12.1. The Labute approximate surface area is 125 Å². The van der Waals surface area contributed by atoms with Gasteiger partial charge in [-0.1, -0.05) is 40.9 Å². The maximum atomic E-state index is 6.34. The molecule has 0 bridgehead atoms. The molecular formula is C17H20ClNO. The van der Waals surface area contributed by atoms with E-state index in [9.17, 15) is 0 Å². The average molecular weight is 290 g/mol. The molecule has 3 heteroatoms. The van der Waals surface area contributed by atoms with E-state index < -0.39 is 0 Å². The summed E-state index contributed by atoms with van der Waals surface area (Å²) in [4.78, 5) is 0. The number of methoxy groups -OCH3 is 1. The highest BCUT2D eigenvalue weighted by Gasteiger charge is 2.12. The predicted molar refractivity (Wildman–Crippen MR) is 84.6 cm³/mol. The van der Waals surface area contributed by atoms with E-state index in [0.29, 0.717) is 11.4 Å². The molecule has 2 aromatic carbocycles. The van der Waals surface area contributed by atoms with E-state index in [-0.39, 0.29) is 6.04 Å². The molecule has 0 heterocycles. The van der Waals surface area contributed by atoms with Gasteiger partial charge in [0, 0.05) is 11.1 Å². The van der Waals surface area contributed by atoms with Crippen LogP contribution < -0.4 is 10.5 Å². The van der Waals surface area contributed by atoms with Gasteiger partial charge in [0.25, 0.3) is 0 Å². The quantitative estimate of drug-likeness (QED) is 0.915. The Hall–Kier alpha value is -1.51. The molecule has 2 nitrogen and oxygen atoms in total. The lowest BCUT2D eigenvalue weighted by molar-refractivity contribution is 0.408. The van der Waals surface area contributed by atoms with E-state index in [1.165, 1.54) is 11.1 Å². The molecule has 1 atom stereocenters. The highest BCUT2D eigenvalue weighted by atomic mass is 35.5. The fourth-order valence-corrected chi connectivity index (χ4v) is 2.68. The SMILES string of the molecule is COc1ccc(Cl)cc1CC(N)c1cc(C)cc(C)c1. The molecule has 0 spiro atoms. The third kappa shape index (κ3) is 3.53. The molecule has 0 aliphatic rings. The van der Waals surface area contributed by atoms with Crippen LogP contribution in [0.2, 0.25) is 5.02 Å². The van der Waals surface area contributed by atoms with Crippen LogP contribution in [0.1, 0.15) is 28.3 Å². The van der Waals surface area contributed by atoms with Crippen molar-refractivity contribution in [2.45, 2.75) is 26.3 Å². The molecule has 2 aromatic rings. The van der Waals surface area contributed by atoms with Crippen LogP contribution in [-0.2, 0) is 6.42 Å². The molecule has 0 amide bonds. The van der Waals surface area contributed by atoms with Crippen LogP contribution >= 0.6 is 11.6 Å².